The van der Waals surface area contributed by atoms with Gasteiger partial charge in [0, 0.05) is 11.4 Å². The van der Waals surface area contributed by atoms with E-state index < -0.39 is 17.8 Å². The number of allylic oxidation sites excluding steroid dienone is 1. The molecule has 1 aromatic heterocycles. The van der Waals surface area contributed by atoms with Gasteiger partial charge in [0.05, 0.1) is 0 Å². The fourth-order valence-electron chi connectivity index (χ4n) is 2.95. The highest BCUT2D eigenvalue weighted by Gasteiger charge is 2.35. The quantitative estimate of drug-likeness (QED) is 0.517. The zero-order valence-electron chi connectivity index (χ0n) is 13.6. The third-order valence-corrected chi connectivity index (χ3v) is 5.37. The lowest BCUT2D eigenvalue weighted by Crippen LogP contribution is -2.54. The number of nitrogens with one attached hydrogen (secondary N) is 1. The van der Waals surface area contributed by atoms with Gasteiger partial charge in [0.15, 0.2) is 0 Å². The van der Waals surface area contributed by atoms with Gasteiger partial charge in [0.1, 0.15) is 5.57 Å². The van der Waals surface area contributed by atoms with Gasteiger partial charge in [0.25, 0.3) is 11.8 Å². The molecule has 0 bridgehead atoms. The van der Waals surface area contributed by atoms with Gasteiger partial charge >= 0.3 is 6.03 Å². The van der Waals surface area contributed by atoms with Crippen molar-refractivity contribution in [2.45, 2.75) is 39.0 Å². The van der Waals surface area contributed by atoms with Gasteiger partial charge in [-0.2, -0.15) is 0 Å². The summed E-state index contributed by atoms with van der Waals surface area (Å²) in [6, 6.07) is 1.31. The molecule has 6 heteroatoms. The van der Waals surface area contributed by atoms with Crippen LogP contribution in [-0.4, -0.2) is 29.3 Å². The number of urea groups is 1. The Hall–Kier alpha value is -2.21. The number of hydrogen-bond acceptors (Lipinski definition) is 4. The lowest BCUT2D eigenvalue weighted by molar-refractivity contribution is -0.130. The number of imide groups is 2. The largest absolute Gasteiger partial charge is 0.331 e. The van der Waals surface area contributed by atoms with E-state index in [0.29, 0.717) is 13.0 Å². The van der Waals surface area contributed by atoms with E-state index in [-0.39, 0.29) is 5.57 Å². The molecular formula is C18H20N2O3S. The first-order valence-corrected chi connectivity index (χ1v) is 9.05. The predicted molar refractivity (Wildman–Crippen MR) is 93.5 cm³/mol. The van der Waals surface area contributed by atoms with E-state index in [9.17, 15) is 14.4 Å². The third-order valence-electron chi connectivity index (χ3n) is 4.40. The van der Waals surface area contributed by atoms with Crippen LogP contribution in [0.3, 0.4) is 0 Å². The zero-order chi connectivity index (χ0) is 17.1. The van der Waals surface area contributed by atoms with Crippen LogP contribution in [0.25, 0.3) is 6.08 Å². The van der Waals surface area contributed by atoms with E-state index in [2.05, 4.69) is 11.4 Å². The Morgan fingerprint density at radius 1 is 1.29 bits per heavy atom. The Labute approximate surface area is 145 Å². The molecular weight excluding hydrogens is 324 g/mol. The lowest BCUT2D eigenvalue weighted by Gasteiger charge is -2.27. The molecule has 2 aliphatic rings. The van der Waals surface area contributed by atoms with Crippen LogP contribution in [0.2, 0.25) is 0 Å². The molecule has 1 N–H and O–H groups in total. The summed E-state index contributed by atoms with van der Waals surface area (Å²) in [6.07, 6.45) is 8.92. The molecule has 5 nitrogen and oxygen atoms in total. The second kappa shape index (κ2) is 7.13. The summed E-state index contributed by atoms with van der Waals surface area (Å²) in [6.45, 7) is 2.23. The summed E-state index contributed by atoms with van der Waals surface area (Å²) in [5.41, 5.74) is 2.32. The van der Waals surface area contributed by atoms with Crippen molar-refractivity contribution in [3.8, 4) is 0 Å². The fraction of sp³-hybridized carbons (Fsp3) is 0.389. The fourth-order valence-corrected chi connectivity index (χ4v) is 3.81. The minimum absolute atomic E-state index is 0.0257. The maximum Gasteiger partial charge on any atom is 0.331 e. The van der Waals surface area contributed by atoms with Crippen LogP contribution in [0.1, 0.15) is 42.5 Å². The van der Waals surface area contributed by atoms with Crippen LogP contribution in [0.5, 0.6) is 0 Å². The van der Waals surface area contributed by atoms with E-state index in [0.717, 1.165) is 34.6 Å². The summed E-state index contributed by atoms with van der Waals surface area (Å²) < 4.78 is 0. The monoisotopic (exact) mass is 344 g/mol. The van der Waals surface area contributed by atoms with Crippen LogP contribution in [0.4, 0.5) is 4.79 Å². The van der Waals surface area contributed by atoms with Gasteiger partial charge in [-0.25, -0.2) is 4.79 Å². The Balaban J connectivity index is 1.77. The van der Waals surface area contributed by atoms with Crippen LogP contribution >= 0.6 is 11.3 Å². The molecule has 3 rings (SSSR count). The summed E-state index contributed by atoms with van der Waals surface area (Å²) >= 11 is 1.46. The molecule has 2 heterocycles. The van der Waals surface area contributed by atoms with Gasteiger partial charge in [-0.15, -0.1) is 11.3 Å². The second-order valence-corrected chi connectivity index (χ2v) is 7.05. The maximum absolute atomic E-state index is 12.6. The number of hydrogen-bond donors (Lipinski definition) is 1. The number of carbonyl (C=O) groups is 3. The van der Waals surface area contributed by atoms with Crippen molar-refractivity contribution in [2.75, 3.05) is 6.54 Å². The number of rotatable bonds is 4. The average Bonchev–Trinajstić information content (AvgIpc) is 2.97. The van der Waals surface area contributed by atoms with Crippen molar-refractivity contribution >= 4 is 35.3 Å². The summed E-state index contributed by atoms with van der Waals surface area (Å²) in [5.74, 6) is -1.13. The molecule has 1 saturated heterocycles. The SMILES string of the molecule is Cc1ccsc1C=C1C(=O)NC(=O)N(CCC2=CCCCC2)C1=O. The normalized spacial score (nSPS) is 20.4. The van der Waals surface area contributed by atoms with Crippen molar-refractivity contribution in [1.29, 1.82) is 0 Å². The molecule has 1 aliphatic carbocycles. The smallest absolute Gasteiger partial charge is 0.273 e. The minimum atomic E-state index is -0.624. The first-order chi connectivity index (χ1) is 11.6. The first kappa shape index (κ1) is 16.6. The molecule has 0 atom stereocenters. The lowest BCUT2D eigenvalue weighted by atomic mass is 9.97. The standard InChI is InChI=1S/C18H20N2O3S/c1-12-8-10-24-15(12)11-14-16(21)19-18(23)20(17(14)22)9-7-13-5-3-2-4-6-13/h5,8,10-11H,2-4,6-7,9H2,1H3,(H,19,21,23). The van der Waals surface area contributed by atoms with Gasteiger partial charge in [0.2, 0.25) is 0 Å². The molecule has 1 aromatic rings. The number of carbonyl (C=O) groups excluding carboxylic acids is 3. The molecule has 0 unspecified atom stereocenters. The van der Waals surface area contributed by atoms with Crippen molar-refractivity contribution in [2.24, 2.45) is 0 Å². The van der Waals surface area contributed by atoms with Crippen LogP contribution in [-0.2, 0) is 9.59 Å². The van der Waals surface area contributed by atoms with Crippen molar-refractivity contribution < 1.29 is 14.4 Å². The summed E-state index contributed by atoms with van der Waals surface area (Å²) in [4.78, 5) is 38.7. The topological polar surface area (TPSA) is 66.5 Å². The molecule has 0 aromatic carbocycles. The molecule has 24 heavy (non-hydrogen) atoms. The highest BCUT2D eigenvalue weighted by molar-refractivity contribution is 7.11. The predicted octanol–water partition coefficient (Wildman–Crippen LogP) is 3.41. The number of thiophene rings is 1. The van der Waals surface area contributed by atoms with Gasteiger partial charge in [-0.05, 0) is 62.1 Å². The molecule has 1 fully saturated rings. The van der Waals surface area contributed by atoms with E-state index >= 15 is 0 Å². The Kier molecular flexibility index (Phi) is 4.94. The van der Waals surface area contributed by atoms with Gasteiger partial charge in [-0.3, -0.25) is 19.8 Å². The van der Waals surface area contributed by atoms with Crippen molar-refractivity contribution in [3.63, 3.8) is 0 Å². The number of nitrogens with zero attached hydrogens (tertiary/aromatic N) is 1. The Bertz CT molecular complexity index is 745. The van der Waals surface area contributed by atoms with Gasteiger partial charge in [-0.1, -0.05) is 11.6 Å². The van der Waals surface area contributed by atoms with E-state index in [1.54, 1.807) is 6.08 Å². The summed E-state index contributed by atoms with van der Waals surface area (Å²) in [5, 5.41) is 4.18. The number of barbiturate groups is 1. The molecule has 1 aliphatic heterocycles. The Morgan fingerprint density at radius 3 is 2.79 bits per heavy atom. The maximum atomic E-state index is 12.6. The molecule has 4 amide bonds. The van der Waals surface area contributed by atoms with Crippen molar-refractivity contribution in [1.82, 2.24) is 10.2 Å². The van der Waals surface area contributed by atoms with Crippen LogP contribution in [0, 0.1) is 6.92 Å². The third kappa shape index (κ3) is 3.48. The van der Waals surface area contributed by atoms with Crippen LogP contribution in [0.15, 0.2) is 28.7 Å². The highest BCUT2D eigenvalue weighted by Crippen LogP contribution is 2.23. The van der Waals surface area contributed by atoms with E-state index in [4.69, 9.17) is 0 Å². The van der Waals surface area contributed by atoms with Crippen LogP contribution < -0.4 is 5.32 Å². The summed E-state index contributed by atoms with van der Waals surface area (Å²) in [7, 11) is 0. The molecule has 0 radical (unpaired) electrons. The van der Waals surface area contributed by atoms with E-state index in [1.807, 2.05) is 18.4 Å². The first-order valence-electron chi connectivity index (χ1n) is 8.17. The van der Waals surface area contributed by atoms with Gasteiger partial charge < -0.3 is 0 Å². The minimum Gasteiger partial charge on any atom is -0.273 e. The molecule has 126 valence electrons. The zero-order valence-corrected chi connectivity index (χ0v) is 14.4. The highest BCUT2D eigenvalue weighted by atomic mass is 32.1. The van der Waals surface area contributed by atoms with E-state index in [1.165, 1.54) is 23.3 Å². The number of amides is 4. The average molecular weight is 344 g/mol. The second-order valence-electron chi connectivity index (χ2n) is 6.10. The number of aryl methyl sites for hydroxylation is 1. The molecule has 0 spiro atoms. The Morgan fingerprint density at radius 2 is 2.12 bits per heavy atom. The van der Waals surface area contributed by atoms with Crippen molar-refractivity contribution in [3.05, 3.63) is 39.1 Å². The molecule has 0 saturated carbocycles.